The highest BCUT2D eigenvalue weighted by atomic mass is 32.2. The monoisotopic (exact) mass is 586 g/mol. The van der Waals surface area contributed by atoms with Crippen LogP contribution in [0.4, 0.5) is 32.2 Å². The van der Waals surface area contributed by atoms with Gasteiger partial charge in [-0.25, -0.2) is 26.6 Å². The minimum absolute atomic E-state index is 0.206. The fourth-order valence-electron chi connectivity index (χ4n) is 4.19. The summed E-state index contributed by atoms with van der Waals surface area (Å²) in [6, 6.07) is 9.32. The molecule has 3 aromatic rings. The molecule has 1 aromatic heterocycles. The van der Waals surface area contributed by atoms with Gasteiger partial charge in [0.1, 0.15) is 17.7 Å². The summed E-state index contributed by atoms with van der Waals surface area (Å²) < 4.78 is 107. The predicted octanol–water partition coefficient (Wildman–Crippen LogP) is 4.69. The molecule has 14 heteroatoms. The van der Waals surface area contributed by atoms with Gasteiger partial charge in [0.15, 0.2) is 0 Å². The van der Waals surface area contributed by atoms with E-state index < -0.39 is 63.3 Å². The molecule has 40 heavy (non-hydrogen) atoms. The number of hydrogen-bond acceptors (Lipinski definition) is 5. The van der Waals surface area contributed by atoms with Crippen LogP contribution in [-0.4, -0.2) is 56.2 Å². The normalized spacial score (nSPS) is 17.6. The molecule has 1 fully saturated rings. The number of nitrogens with zero attached hydrogens (tertiary/aromatic N) is 3. The lowest BCUT2D eigenvalue weighted by Crippen LogP contribution is -2.45. The molecule has 1 unspecified atom stereocenters. The molecule has 1 amide bonds. The van der Waals surface area contributed by atoms with E-state index in [1.807, 2.05) is 0 Å². The van der Waals surface area contributed by atoms with Gasteiger partial charge in [-0.05, 0) is 54.1 Å². The van der Waals surface area contributed by atoms with Crippen LogP contribution in [0.1, 0.15) is 17.5 Å². The largest absolute Gasteiger partial charge is 0.416 e. The molecular formula is C26H24F6N4O3S. The first-order chi connectivity index (χ1) is 18.6. The Labute approximate surface area is 226 Å². The maximum atomic E-state index is 14.3. The number of aromatic nitrogens is 1. The molecule has 2 aromatic carbocycles. The van der Waals surface area contributed by atoms with Crippen molar-refractivity contribution in [3.05, 3.63) is 77.6 Å². The lowest BCUT2D eigenvalue weighted by molar-refractivity contribution is -0.137. The van der Waals surface area contributed by atoms with Crippen molar-refractivity contribution in [2.45, 2.75) is 36.0 Å². The van der Waals surface area contributed by atoms with Crippen LogP contribution >= 0.6 is 0 Å². The van der Waals surface area contributed by atoms with Gasteiger partial charge in [-0.2, -0.15) is 17.5 Å². The van der Waals surface area contributed by atoms with Crippen molar-refractivity contribution in [2.75, 3.05) is 25.5 Å². The summed E-state index contributed by atoms with van der Waals surface area (Å²) >= 11 is 0. The van der Waals surface area contributed by atoms with Crippen LogP contribution in [0, 0.1) is 5.82 Å². The van der Waals surface area contributed by atoms with Crippen molar-refractivity contribution in [3.8, 4) is 11.3 Å². The van der Waals surface area contributed by atoms with Gasteiger partial charge >= 0.3 is 6.18 Å². The highest BCUT2D eigenvalue weighted by molar-refractivity contribution is 7.89. The van der Waals surface area contributed by atoms with Crippen LogP contribution in [0.3, 0.4) is 0 Å². The molecule has 1 aliphatic heterocycles. The molecular weight excluding hydrogens is 562 g/mol. The Balaban J connectivity index is 1.57. The molecule has 1 saturated heterocycles. The molecule has 0 spiro atoms. The van der Waals surface area contributed by atoms with E-state index in [2.05, 4.69) is 10.3 Å². The molecule has 2 heterocycles. The summed E-state index contributed by atoms with van der Waals surface area (Å²) in [7, 11) is -1.19. The smallest absolute Gasteiger partial charge is 0.363 e. The van der Waals surface area contributed by atoms with Gasteiger partial charge in [-0.3, -0.25) is 4.79 Å². The van der Waals surface area contributed by atoms with E-state index in [1.54, 1.807) is 25.1 Å². The number of benzene rings is 2. The topological polar surface area (TPSA) is 82.6 Å². The van der Waals surface area contributed by atoms with E-state index in [9.17, 15) is 39.6 Å². The Morgan fingerprint density at radius 3 is 2.27 bits per heavy atom. The standard InChI is InChI=1S/C26H24F6N4O3S/c1-35(2)23-12-16(11-21(34-23)17-3-5-18(6-4-17)26(30,31)32)14-33-24(37)22-13-25(28,29)15-36(22)40(38,39)20-9-7-19(27)8-10-20/h3-12,22H,13-15H2,1-2H3,(H,33,37). The number of amides is 1. The molecule has 7 nitrogen and oxygen atoms in total. The summed E-state index contributed by atoms with van der Waals surface area (Å²) in [4.78, 5) is 18.6. The maximum Gasteiger partial charge on any atom is 0.416 e. The summed E-state index contributed by atoms with van der Waals surface area (Å²) in [5.74, 6) is -4.75. The van der Waals surface area contributed by atoms with E-state index in [4.69, 9.17) is 0 Å². The van der Waals surface area contributed by atoms with Crippen LogP contribution in [0.2, 0.25) is 0 Å². The number of halogens is 6. The van der Waals surface area contributed by atoms with Crippen LogP contribution in [0.25, 0.3) is 11.3 Å². The van der Waals surface area contributed by atoms with E-state index in [0.717, 1.165) is 36.4 Å². The van der Waals surface area contributed by atoms with Crippen LogP contribution in [0.15, 0.2) is 65.6 Å². The summed E-state index contributed by atoms with van der Waals surface area (Å²) in [6.07, 6.45) is -5.56. The van der Waals surface area contributed by atoms with E-state index in [0.29, 0.717) is 26.9 Å². The Morgan fingerprint density at radius 2 is 1.70 bits per heavy atom. The number of alkyl halides is 5. The van der Waals surface area contributed by atoms with Crippen molar-refractivity contribution in [3.63, 3.8) is 0 Å². The predicted molar refractivity (Wildman–Crippen MR) is 134 cm³/mol. The maximum absolute atomic E-state index is 14.3. The SMILES string of the molecule is CN(C)c1cc(CNC(=O)C2CC(F)(F)CN2S(=O)(=O)c2ccc(F)cc2)cc(-c2ccc(C(F)(F)F)cc2)n1. The van der Waals surface area contributed by atoms with Gasteiger partial charge in [0.05, 0.1) is 22.7 Å². The molecule has 4 rings (SSSR count). The summed E-state index contributed by atoms with van der Waals surface area (Å²) in [5.41, 5.74) is 0.286. The van der Waals surface area contributed by atoms with Crippen LogP contribution in [-0.2, 0) is 27.5 Å². The number of sulfonamides is 1. The Kier molecular flexibility index (Phi) is 7.87. The Hall–Kier alpha value is -3.65. The number of hydrogen-bond donors (Lipinski definition) is 1. The lowest BCUT2D eigenvalue weighted by atomic mass is 10.1. The number of pyridine rings is 1. The first-order valence-electron chi connectivity index (χ1n) is 11.9. The van der Waals surface area contributed by atoms with Gasteiger partial charge in [0.25, 0.3) is 5.92 Å². The van der Waals surface area contributed by atoms with E-state index in [1.165, 1.54) is 18.2 Å². The second kappa shape index (κ2) is 10.7. The zero-order valence-corrected chi connectivity index (χ0v) is 22.0. The quantitative estimate of drug-likeness (QED) is 0.407. The average Bonchev–Trinajstić information content (AvgIpc) is 3.23. The zero-order chi connectivity index (χ0) is 29.5. The number of carbonyl (C=O) groups excluding carboxylic acids is 1. The first kappa shape index (κ1) is 29.3. The van der Waals surface area contributed by atoms with E-state index >= 15 is 0 Å². The molecule has 0 bridgehead atoms. The lowest BCUT2D eigenvalue weighted by Gasteiger charge is -2.23. The zero-order valence-electron chi connectivity index (χ0n) is 21.2. The molecule has 1 atom stereocenters. The summed E-state index contributed by atoms with van der Waals surface area (Å²) in [5, 5.41) is 2.48. The molecule has 0 aliphatic carbocycles. The third kappa shape index (κ3) is 6.39. The molecule has 1 N–H and O–H groups in total. The van der Waals surface area contributed by atoms with Crippen LogP contribution < -0.4 is 10.2 Å². The molecule has 0 saturated carbocycles. The number of anilines is 1. The molecule has 214 valence electrons. The Morgan fingerprint density at radius 1 is 1.07 bits per heavy atom. The van der Waals surface area contributed by atoms with Gasteiger partial charge in [0, 0.05) is 32.6 Å². The summed E-state index contributed by atoms with van der Waals surface area (Å²) in [6.45, 7) is -1.43. The van der Waals surface area contributed by atoms with Crippen molar-refractivity contribution in [1.82, 2.24) is 14.6 Å². The van der Waals surface area contributed by atoms with Gasteiger partial charge in [0.2, 0.25) is 15.9 Å². The Bertz CT molecular complexity index is 1490. The molecule has 0 radical (unpaired) electrons. The second-order valence-corrected chi connectivity index (χ2v) is 11.4. The highest BCUT2D eigenvalue weighted by Gasteiger charge is 2.52. The number of rotatable bonds is 7. The van der Waals surface area contributed by atoms with Gasteiger partial charge in [-0.15, -0.1) is 0 Å². The minimum Gasteiger partial charge on any atom is -0.363 e. The van der Waals surface area contributed by atoms with Crippen molar-refractivity contribution in [2.24, 2.45) is 0 Å². The number of carbonyl (C=O) groups is 1. The third-order valence-corrected chi connectivity index (χ3v) is 8.12. The van der Waals surface area contributed by atoms with Crippen molar-refractivity contribution >= 4 is 21.7 Å². The van der Waals surface area contributed by atoms with Crippen molar-refractivity contribution in [1.29, 1.82) is 0 Å². The third-order valence-electron chi connectivity index (χ3n) is 6.25. The minimum atomic E-state index is -4.55. The van der Waals surface area contributed by atoms with Gasteiger partial charge in [-0.1, -0.05) is 12.1 Å². The van der Waals surface area contributed by atoms with E-state index in [-0.39, 0.29) is 6.54 Å². The first-order valence-corrected chi connectivity index (χ1v) is 13.3. The highest BCUT2D eigenvalue weighted by Crippen LogP contribution is 2.36. The number of nitrogens with one attached hydrogen (secondary N) is 1. The average molecular weight is 587 g/mol. The van der Waals surface area contributed by atoms with Gasteiger partial charge < -0.3 is 10.2 Å². The fraction of sp³-hybridized carbons (Fsp3) is 0.308. The molecule has 1 aliphatic rings. The van der Waals surface area contributed by atoms with Crippen LogP contribution in [0.5, 0.6) is 0 Å². The fourth-order valence-corrected chi connectivity index (χ4v) is 5.81. The van der Waals surface area contributed by atoms with Crippen molar-refractivity contribution < 1.29 is 39.6 Å². The second-order valence-electron chi connectivity index (χ2n) is 9.49.